The molecule has 0 amide bonds. The number of thioether (sulfide) groups is 1. The number of carbonyl (C=O) groups is 1. The molecule has 0 atom stereocenters. The van der Waals surface area contributed by atoms with Crippen LogP contribution in [0.25, 0.3) is 5.69 Å². The largest absolute Gasteiger partial charge is 0.318 e. The van der Waals surface area contributed by atoms with Crippen LogP contribution < -0.4 is 5.14 Å². The molecule has 1 heterocycles. The normalized spacial score (nSPS) is 11.6. The highest BCUT2D eigenvalue weighted by atomic mass is 32.2. The minimum atomic E-state index is -3.79. The lowest BCUT2D eigenvalue weighted by molar-refractivity contribution is 0.102. The first-order valence-corrected chi connectivity index (χ1v) is 11.0. The summed E-state index contributed by atoms with van der Waals surface area (Å²) in [6.07, 6.45) is 0. The second kappa shape index (κ2) is 8.10. The van der Waals surface area contributed by atoms with E-state index < -0.39 is 21.7 Å². The Morgan fingerprint density at radius 1 is 1.03 bits per heavy atom. The molecular formula is C20H18F2N2O3S2. The number of hydrogen-bond acceptors (Lipinski definition) is 4. The third-order valence-corrected chi connectivity index (χ3v) is 6.34. The van der Waals surface area contributed by atoms with Crippen molar-refractivity contribution in [3.8, 4) is 5.69 Å². The van der Waals surface area contributed by atoms with E-state index in [9.17, 15) is 22.0 Å². The van der Waals surface area contributed by atoms with Gasteiger partial charge in [-0.05, 0) is 62.4 Å². The number of nitrogens with two attached hydrogens (primary N) is 1. The highest BCUT2D eigenvalue weighted by Gasteiger charge is 2.18. The molecule has 0 aliphatic carbocycles. The molecule has 0 bridgehead atoms. The van der Waals surface area contributed by atoms with Gasteiger partial charge in [-0.15, -0.1) is 11.8 Å². The SMILES string of the molecule is Cc1cc(C(=O)CSc2ccc(F)c(F)c2)c(C)n1-c1ccc(S(N)(=O)=O)cc1. The predicted molar refractivity (Wildman–Crippen MR) is 108 cm³/mol. The third-order valence-electron chi connectivity index (χ3n) is 4.42. The highest BCUT2D eigenvalue weighted by molar-refractivity contribution is 8.00. The Morgan fingerprint density at radius 2 is 1.69 bits per heavy atom. The summed E-state index contributed by atoms with van der Waals surface area (Å²) in [5.41, 5.74) is 2.70. The van der Waals surface area contributed by atoms with Gasteiger partial charge in [0, 0.05) is 27.5 Å². The molecule has 0 spiro atoms. The maximum Gasteiger partial charge on any atom is 0.238 e. The molecule has 0 saturated heterocycles. The van der Waals surface area contributed by atoms with Gasteiger partial charge in [0.05, 0.1) is 10.6 Å². The van der Waals surface area contributed by atoms with Crippen LogP contribution >= 0.6 is 11.8 Å². The number of ketones is 1. The van der Waals surface area contributed by atoms with Gasteiger partial charge in [-0.1, -0.05) is 0 Å². The van der Waals surface area contributed by atoms with Crippen LogP contribution in [0.2, 0.25) is 0 Å². The number of primary sulfonamides is 1. The van der Waals surface area contributed by atoms with E-state index in [4.69, 9.17) is 5.14 Å². The van der Waals surface area contributed by atoms with Crippen molar-refractivity contribution in [2.45, 2.75) is 23.6 Å². The van der Waals surface area contributed by atoms with Crippen molar-refractivity contribution in [2.24, 2.45) is 5.14 Å². The zero-order valence-electron chi connectivity index (χ0n) is 15.6. The summed E-state index contributed by atoms with van der Waals surface area (Å²) in [5.74, 6) is -1.97. The molecule has 0 fully saturated rings. The smallest absolute Gasteiger partial charge is 0.238 e. The predicted octanol–water partition coefficient (Wildman–Crippen LogP) is 3.99. The molecule has 2 N–H and O–H groups in total. The number of rotatable bonds is 6. The molecule has 3 aromatic rings. The first-order chi connectivity index (χ1) is 13.6. The van der Waals surface area contributed by atoms with Crippen molar-refractivity contribution >= 4 is 27.6 Å². The van der Waals surface area contributed by atoms with Crippen molar-refractivity contribution in [3.63, 3.8) is 0 Å². The minimum Gasteiger partial charge on any atom is -0.318 e. The molecule has 1 aromatic heterocycles. The van der Waals surface area contributed by atoms with Gasteiger partial charge in [-0.3, -0.25) is 4.79 Å². The van der Waals surface area contributed by atoms with Gasteiger partial charge in [0.2, 0.25) is 10.0 Å². The fourth-order valence-electron chi connectivity index (χ4n) is 3.02. The van der Waals surface area contributed by atoms with Crippen LogP contribution in [0.5, 0.6) is 0 Å². The summed E-state index contributed by atoms with van der Waals surface area (Å²) in [5, 5.41) is 5.12. The number of aryl methyl sites for hydroxylation is 1. The van der Waals surface area contributed by atoms with Gasteiger partial charge in [-0.25, -0.2) is 22.3 Å². The van der Waals surface area contributed by atoms with E-state index in [1.54, 1.807) is 25.1 Å². The first-order valence-electron chi connectivity index (χ1n) is 8.51. The average molecular weight is 437 g/mol. The minimum absolute atomic E-state index is 0.00272. The Hall–Kier alpha value is -2.49. The van der Waals surface area contributed by atoms with Crippen molar-refractivity contribution < 1.29 is 22.0 Å². The van der Waals surface area contributed by atoms with Crippen molar-refractivity contribution in [1.82, 2.24) is 4.57 Å². The summed E-state index contributed by atoms with van der Waals surface area (Å²) in [4.78, 5) is 13.1. The Labute approximate surface area is 171 Å². The van der Waals surface area contributed by atoms with E-state index in [0.29, 0.717) is 21.8 Å². The van der Waals surface area contributed by atoms with Crippen LogP contribution in [0.3, 0.4) is 0 Å². The van der Waals surface area contributed by atoms with Crippen LogP contribution in [0.4, 0.5) is 8.78 Å². The molecular weight excluding hydrogens is 418 g/mol. The zero-order valence-corrected chi connectivity index (χ0v) is 17.3. The van der Waals surface area contributed by atoms with Crippen molar-refractivity contribution in [3.05, 3.63) is 77.1 Å². The van der Waals surface area contributed by atoms with Crippen molar-refractivity contribution in [2.75, 3.05) is 5.75 Å². The number of halogens is 2. The molecule has 152 valence electrons. The van der Waals surface area contributed by atoms with Gasteiger partial charge in [0.15, 0.2) is 17.4 Å². The number of benzene rings is 2. The maximum atomic E-state index is 13.3. The van der Waals surface area contributed by atoms with Gasteiger partial charge >= 0.3 is 0 Å². The lowest BCUT2D eigenvalue weighted by Crippen LogP contribution is -2.12. The van der Waals surface area contributed by atoms with E-state index >= 15 is 0 Å². The van der Waals surface area contributed by atoms with E-state index in [1.807, 2.05) is 11.5 Å². The first kappa shape index (κ1) is 21.2. The summed E-state index contributed by atoms with van der Waals surface area (Å²) >= 11 is 1.12. The Balaban J connectivity index is 1.83. The Kier molecular flexibility index (Phi) is 5.92. The van der Waals surface area contributed by atoms with E-state index in [-0.39, 0.29) is 16.4 Å². The van der Waals surface area contributed by atoms with Crippen LogP contribution in [-0.4, -0.2) is 24.5 Å². The Morgan fingerprint density at radius 3 is 2.28 bits per heavy atom. The molecule has 0 unspecified atom stereocenters. The molecule has 9 heteroatoms. The molecule has 29 heavy (non-hydrogen) atoms. The topological polar surface area (TPSA) is 82.2 Å². The Bertz CT molecular complexity index is 1190. The lowest BCUT2D eigenvalue weighted by atomic mass is 10.2. The standard InChI is InChI=1S/C20H18F2N2O3S2/c1-12-9-17(20(25)11-28-15-5-8-18(21)19(22)10-15)13(2)24(12)14-3-6-16(7-4-14)29(23,26)27/h3-10H,11H2,1-2H3,(H2,23,26,27). The number of Topliss-reactive ketones (excluding diaryl/α,β-unsaturated/α-hetero) is 1. The third kappa shape index (κ3) is 4.58. The molecule has 0 aliphatic rings. The summed E-state index contributed by atoms with van der Waals surface area (Å²) in [7, 11) is -3.79. The number of aromatic nitrogens is 1. The molecule has 0 aliphatic heterocycles. The van der Waals surface area contributed by atoms with Gasteiger partial charge in [-0.2, -0.15) is 0 Å². The molecule has 3 rings (SSSR count). The summed E-state index contributed by atoms with van der Waals surface area (Å²) < 4.78 is 51.0. The fraction of sp³-hybridized carbons (Fsp3) is 0.150. The van der Waals surface area contributed by atoms with Gasteiger partial charge in [0.25, 0.3) is 0 Å². The van der Waals surface area contributed by atoms with Crippen LogP contribution in [-0.2, 0) is 10.0 Å². The number of nitrogens with zero attached hydrogens (tertiary/aromatic N) is 1. The lowest BCUT2D eigenvalue weighted by Gasteiger charge is -2.10. The number of carbonyl (C=O) groups excluding carboxylic acids is 1. The summed E-state index contributed by atoms with van der Waals surface area (Å²) in [6, 6.07) is 11.3. The van der Waals surface area contributed by atoms with Gasteiger partial charge in [0.1, 0.15) is 0 Å². The van der Waals surface area contributed by atoms with Gasteiger partial charge < -0.3 is 4.57 Å². The zero-order chi connectivity index (χ0) is 21.3. The van der Waals surface area contributed by atoms with Crippen molar-refractivity contribution in [1.29, 1.82) is 0 Å². The molecule has 0 saturated carbocycles. The van der Waals surface area contributed by atoms with Crippen LogP contribution in [0, 0.1) is 25.5 Å². The average Bonchev–Trinajstić information content (AvgIpc) is 2.96. The van der Waals surface area contributed by atoms with E-state index in [1.165, 1.54) is 18.2 Å². The fourth-order valence-corrected chi connectivity index (χ4v) is 4.34. The molecule has 2 aromatic carbocycles. The highest BCUT2D eigenvalue weighted by Crippen LogP contribution is 2.26. The second-order valence-corrected chi connectivity index (χ2v) is 9.06. The van der Waals surface area contributed by atoms with E-state index in [0.717, 1.165) is 29.6 Å². The van der Waals surface area contributed by atoms with Crippen LogP contribution in [0.1, 0.15) is 21.7 Å². The quantitative estimate of drug-likeness (QED) is 0.468. The monoisotopic (exact) mass is 436 g/mol. The number of sulfonamides is 1. The molecule has 5 nitrogen and oxygen atoms in total. The molecule has 0 radical (unpaired) electrons. The summed E-state index contributed by atoms with van der Waals surface area (Å²) in [6.45, 7) is 3.62. The van der Waals surface area contributed by atoms with Crippen LogP contribution in [0.15, 0.2) is 58.3 Å². The second-order valence-electron chi connectivity index (χ2n) is 6.45. The van der Waals surface area contributed by atoms with E-state index in [2.05, 4.69) is 0 Å². The number of hydrogen-bond donors (Lipinski definition) is 1. The maximum absolute atomic E-state index is 13.3.